The predicted octanol–water partition coefficient (Wildman–Crippen LogP) is 3.01. The Bertz CT molecular complexity index is 906. The number of nitrogen functional groups attached to an aromatic ring is 1. The van der Waals surface area contributed by atoms with Gasteiger partial charge in [0.2, 0.25) is 0 Å². The van der Waals surface area contributed by atoms with E-state index in [1.165, 1.54) is 18.2 Å². The van der Waals surface area contributed by atoms with Gasteiger partial charge in [-0.05, 0) is 24.3 Å². The zero-order chi connectivity index (χ0) is 16.6. The summed E-state index contributed by atoms with van der Waals surface area (Å²) < 4.78 is 33.3. The highest BCUT2D eigenvalue weighted by Crippen LogP contribution is 2.34. The molecule has 0 spiro atoms. The number of ether oxygens (including phenoxy) is 1. The average molecular weight is 317 g/mol. The topological polar surface area (TPSA) is 95.1 Å². The maximum atomic E-state index is 14.3. The van der Waals surface area contributed by atoms with Crippen molar-refractivity contribution < 1.29 is 18.6 Å². The van der Waals surface area contributed by atoms with Crippen LogP contribution in [-0.2, 0) is 6.61 Å². The van der Waals surface area contributed by atoms with Gasteiger partial charge in [0.25, 0.3) is 0 Å². The van der Waals surface area contributed by atoms with Crippen molar-refractivity contribution in [3.8, 4) is 11.5 Å². The van der Waals surface area contributed by atoms with Gasteiger partial charge in [-0.2, -0.15) is 0 Å². The van der Waals surface area contributed by atoms with E-state index in [2.05, 4.69) is 4.98 Å². The van der Waals surface area contributed by atoms with Crippen LogP contribution in [0.3, 0.4) is 0 Å². The molecule has 0 radical (unpaired) electrons. The van der Waals surface area contributed by atoms with Crippen molar-refractivity contribution in [2.45, 2.75) is 6.61 Å². The Balaban J connectivity index is 2.09. The number of hydrogen-bond acceptors (Lipinski definition) is 3. The summed E-state index contributed by atoms with van der Waals surface area (Å²) in [6, 6.07) is 6.53. The second kappa shape index (κ2) is 5.69. The lowest BCUT2D eigenvalue weighted by Crippen LogP contribution is -2.13. The Labute approximate surface area is 129 Å². The number of amidine groups is 1. The first-order valence-electron chi connectivity index (χ1n) is 6.72. The quantitative estimate of drug-likeness (QED) is 0.440. The number of nitrogens with two attached hydrogens (primary N) is 1. The number of aliphatic hydroxyl groups excluding tert-OH is 1. The molecule has 0 saturated carbocycles. The highest BCUT2D eigenvalue weighted by molar-refractivity contribution is 5.95. The van der Waals surface area contributed by atoms with Crippen LogP contribution >= 0.6 is 0 Å². The van der Waals surface area contributed by atoms with Gasteiger partial charge in [0.05, 0.1) is 12.2 Å². The van der Waals surface area contributed by atoms with E-state index >= 15 is 0 Å². The molecular formula is C16H13F2N3O2. The van der Waals surface area contributed by atoms with Crippen LogP contribution in [0.25, 0.3) is 10.9 Å². The van der Waals surface area contributed by atoms with Crippen molar-refractivity contribution >= 4 is 16.7 Å². The molecule has 3 aromatic rings. The number of aromatic nitrogens is 1. The molecule has 0 atom stereocenters. The van der Waals surface area contributed by atoms with Gasteiger partial charge in [-0.3, -0.25) is 5.41 Å². The molecule has 0 amide bonds. The van der Waals surface area contributed by atoms with Crippen LogP contribution in [0.5, 0.6) is 11.5 Å². The largest absolute Gasteiger partial charge is 0.454 e. The smallest absolute Gasteiger partial charge is 0.169 e. The van der Waals surface area contributed by atoms with Crippen molar-refractivity contribution in [2.75, 3.05) is 0 Å². The van der Waals surface area contributed by atoms with Gasteiger partial charge >= 0.3 is 0 Å². The molecule has 5 N–H and O–H groups in total. The fourth-order valence-electron chi connectivity index (χ4n) is 2.38. The van der Waals surface area contributed by atoms with E-state index in [9.17, 15) is 13.9 Å². The molecule has 0 fully saturated rings. The molecule has 0 saturated heterocycles. The first-order valence-corrected chi connectivity index (χ1v) is 6.72. The number of rotatable bonds is 4. The summed E-state index contributed by atoms with van der Waals surface area (Å²) in [5.74, 6) is -1.84. The molecule has 2 aromatic carbocycles. The van der Waals surface area contributed by atoms with Crippen molar-refractivity contribution in [1.82, 2.24) is 4.98 Å². The molecule has 23 heavy (non-hydrogen) atoms. The molecule has 0 aliphatic rings. The van der Waals surface area contributed by atoms with E-state index in [4.69, 9.17) is 15.9 Å². The zero-order valence-corrected chi connectivity index (χ0v) is 11.9. The van der Waals surface area contributed by atoms with Crippen molar-refractivity contribution in [1.29, 1.82) is 5.41 Å². The van der Waals surface area contributed by atoms with Gasteiger partial charge in [-0.15, -0.1) is 0 Å². The van der Waals surface area contributed by atoms with Crippen LogP contribution in [0, 0.1) is 17.0 Å². The molecule has 0 aliphatic heterocycles. The maximum Gasteiger partial charge on any atom is 0.169 e. The Kier molecular flexibility index (Phi) is 3.71. The summed E-state index contributed by atoms with van der Waals surface area (Å²) in [6.07, 6.45) is 1.62. The minimum atomic E-state index is -0.672. The standard InChI is InChI=1S/C16H13F2N3O2/c17-12-2-1-8(5-10(12)16(19)20)23-15-11(7-22)9-3-4-21-14(9)6-13(15)18/h1-6,21-22H,7H2,(H3,19,20). The third-order valence-electron chi connectivity index (χ3n) is 3.47. The number of fused-ring (bicyclic) bond motifs is 1. The highest BCUT2D eigenvalue weighted by atomic mass is 19.1. The molecule has 0 aliphatic carbocycles. The van der Waals surface area contributed by atoms with E-state index in [1.54, 1.807) is 12.3 Å². The van der Waals surface area contributed by atoms with Crippen LogP contribution in [-0.4, -0.2) is 15.9 Å². The van der Waals surface area contributed by atoms with Gasteiger partial charge in [-0.25, -0.2) is 8.78 Å². The summed E-state index contributed by atoms with van der Waals surface area (Å²) in [7, 11) is 0. The second-order valence-corrected chi connectivity index (χ2v) is 4.92. The lowest BCUT2D eigenvalue weighted by molar-refractivity contribution is 0.276. The lowest BCUT2D eigenvalue weighted by Gasteiger charge is -2.13. The molecule has 7 heteroatoms. The molecule has 0 bridgehead atoms. The monoisotopic (exact) mass is 317 g/mol. The van der Waals surface area contributed by atoms with E-state index in [0.29, 0.717) is 10.9 Å². The van der Waals surface area contributed by atoms with Crippen molar-refractivity contribution in [3.63, 3.8) is 0 Å². The number of H-pyrrole nitrogens is 1. The summed E-state index contributed by atoms with van der Waals surface area (Å²) in [6.45, 7) is -0.428. The minimum absolute atomic E-state index is 0.111. The molecule has 1 heterocycles. The minimum Gasteiger partial charge on any atom is -0.454 e. The van der Waals surface area contributed by atoms with Gasteiger partial charge in [0.15, 0.2) is 11.6 Å². The van der Waals surface area contributed by atoms with Crippen LogP contribution in [0.2, 0.25) is 0 Å². The van der Waals surface area contributed by atoms with Crippen LogP contribution in [0.4, 0.5) is 8.78 Å². The third-order valence-corrected chi connectivity index (χ3v) is 3.47. The number of halogens is 2. The van der Waals surface area contributed by atoms with Gasteiger partial charge < -0.3 is 20.6 Å². The molecule has 3 rings (SSSR count). The first kappa shape index (κ1) is 15.0. The Morgan fingerprint density at radius 1 is 1.22 bits per heavy atom. The number of nitrogens with one attached hydrogen (secondary N) is 2. The number of hydrogen-bond donors (Lipinski definition) is 4. The van der Waals surface area contributed by atoms with Gasteiger partial charge in [-0.1, -0.05) is 0 Å². The normalized spacial score (nSPS) is 10.9. The Morgan fingerprint density at radius 2 is 2.00 bits per heavy atom. The Morgan fingerprint density at radius 3 is 2.70 bits per heavy atom. The van der Waals surface area contributed by atoms with Crippen molar-refractivity contribution in [3.05, 3.63) is 59.3 Å². The maximum absolute atomic E-state index is 14.3. The van der Waals surface area contributed by atoms with Gasteiger partial charge in [0.1, 0.15) is 17.4 Å². The molecule has 0 unspecified atom stereocenters. The Hall–Kier alpha value is -2.93. The number of benzene rings is 2. The summed E-state index contributed by atoms with van der Waals surface area (Å²) in [5.41, 5.74) is 5.95. The molecule has 118 valence electrons. The van der Waals surface area contributed by atoms with Crippen LogP contribution in [0.1, 0.15) is 11.1 Å². The third kappa shape index (κ3) is 2.62. The van der Waals surface area contributed by atoms with E-state index < -0.39 is 24.1 Å². The summed E-state index contributed by atoms with van der Waals surface area (Å²) in [4.78, 5) is 2.86. The summed E-state index contributed by atoms with van der Waals surface area (Å²) >= 11 is 0. The lowest BCUT2D eigenvalue weighted by atomic mass is 10.1. The summed E-state index contributed by atoms with van der Waals surface area (Å²) in [5, 5.41) is 17.5. The fourth-order valence-corrected chi connectivity index (χ4v) is 2.38. The zero-order valence-electron chi connectivity index (χ0n) is 11.9. The van der Waals surface area contributed by atoms with E-state index in [1.807, 2.05) is 0 Å². The average Bonchev–Trinajstić information content (AvgIpc) is 2.97. The molecular weight excluding hydrogens is 304 g/mol. The number of aromatic amines is 1. The SMILES string of the molecule is N=C(N)c1cc(Oc2c(F)cc3[nH]ccc3c2CO)ccc1F. The van der Waals surface area contributed by atoms with E-state index in [-0.39, 0.29) is 22.6 Å². The molecule has 5 nitrogen and oxygen atoms in total. The first-order chi connectivity index (χ1) is 11.0. The highest BCUT2D eigenvalue weighted by Gasteiger charge is 2.17. The van der Waals surface area contributed by atoms with E-state index in [0.717, 1.165) is 6.07 Å². The predicted molar refractivity (Wildman–Crippen MR) is 81.7 cm³/mol. The van der Waals surface area contributed by atoms with Crippen LogP contribution < -0.4 is 10.5 Å². The number of aliphatic hydroxyl groups is 1. The van der Waals surface area contributed by atoms with Crippen molar-refractivity contribution in [2.24, 2.45) is 5.73 Å². The molecule has 1 aromatic heterocycles. The van der Waals surface area contributed by atoms with Gasteiger partial charge in [0, 0.05) is 28.7 Å². The van der Waals surface area contributed by atoms with Crippen LogP contribution in [0.15, 0.2) is 36.5 Å². The second-order valence-electron chi connectivity index (χ2n) is 4.92. The fraction of sp³-hybridized carbons (Fsp3) is 0.0625.